The molecule has 0 amide bonds. The topological polar surface area (TPSA) is 108 Å². The van der Waals surface area contributed by atoms with Gasteiger partial charge in [0.05, 0.1) is 34.4 Å². The van der Waals surface area contributed by atoms with Crippen LogP contribution in [0.15, 0.2) is 24.3 Å². The van der Waals surface area contributed by atoms with Crippen molar-refractivity contribution in [2.24, 2.45) is 0 Å². The van der Waals surface area contributed by atoms with Gasteiger partial charge in [-0.25, -0.2) is 4.79 Å². The average Bonchev–Trinajstić information content (AvgIpc) is 3.18. The molecule has 1 N–H and O–H groups in total. The number of carbonyl (C=O) groups is 3. The molecule has 58 heavy (non-hydrogen) atoms. The summed E-state index contributed by atoms with van der Waals surface area (Å²) in [6.45, 7) is 4.83. The zero-order chi connectivity index (χ0) is 42.8. The zero-order valence-electron chi connectivity index (χ0n) is 38.5. The Morgan fingerprint density at radius 2 is 0.948 bits per heavy atom. The van der Waals surface area contributed by atoms with Crippen LogP contribution in [0.1, 0.15) is 213 Å². The molecule has 0 saturated heterocycles. The normalized spacial score (nSPS) is 13.1. The molecule has 2 unspecified atom stereocenters. The molecule has 0 fully saturated rings. The molecule has 0 saturated carbocycles. The van der Waals surface area contributed by atoms with Crippen molar-refractivity contribution in [1.82, 2.24) is 0 Å². The fourth-order valence-electron chi connectivity index (χ4n) is 6.68. The standard InChI is InChI=1S/C49H91NO8/c1-6-8-10-12-14-16-18-20-22-23-24-25-26-28-29-31-33-35-37-39-46(51)56-43-45(44-57-49(48(53)54)55-42-41-50(3,4)5)58-47(52)40-38-36-34-32-30-27-21-19-17-15-13-11-9-7-2/h13,15,19,21,45,49H,6-12,14,16-18,20,22-44H2,1-5H3/p+1/b15-13-,21-19-. The maximum absolute atomic E-state index is 12.8. The lowest BCUT2D eigenvalue weighted by Crippen LogP contribution is -2.40. The maximum atomic E-state index is 12.8. The van der Waals surface area contributed by atoms with Gasteiger partial charge in [-0.15, -0.1) is 0 Å². The third kappa shape index (κ3) is 41.9. The Labute approximate surface area is 357 Å². The second kappa shape index (κ2) is 41.5. The van der Waals surface area contributed by atoms with Gasteiger partial charge in [0.15, 0.2) is 6.10 Å². The van der Waals surface area contributed by atoms with Gasteiger partial charge in [0, 0.05) is 12.8 Å². The number of carboxylic acid groups (broad SMARTS) is 1. The SMILES string of the molecule is CCCC/C=C\C/C=C\CCCCCCCC(=O)OC(COC(=O)CCCCCCCCCCCCCCCCCCCCC)COC(OCC[N+](C)(C)C)C(=O)O. The van der Waals surface area contributed by atoms with Crippen LogP contribution in [0.5, 0.6) is 0 Å². The molecule has 0 spiro atoms. The molecule has 0 aromatic rings. The Morgan fingerprint density at radius 3 is 1.41 bits per heavy atom. The summed E-state index contributed by atoms with van der Waals surface area (Å²) in [5.74, 6) is -2.01. The smallest absolute Gasteiger partial charge is 0.361 e. The van der Waals surface area contributed by atoms with Crippen molar-refractivity contribution in [3.05, 3.63) is 24.3 Å². The predicted molar refractivity (Wildman–Crippen MR) is 240 cm³/mol. The van der Waals surface area contributed by atoms with Gasteiger partial charge in [0.2, 0.25) is 0 Å². The largest absolute Gasteiger partial charge is 0.477 e. The van der Waals surface area contributed by atoms with Gasteiger partial charge in [-0.3, -0.25) is 9.59 Å². The average molecular weight is 823 g/mol. The highest BCUT2D eigenvalue weighted by Crippen LogP contribution is 2.16. The summed E-state index contributed by atoms with van der Waals surface area (Å²) in [5.41, 5.74) is 0. The number of unbranched alkanes of at least 4 members (excludes halogenated alkanes) is 25. The first-order valence-corrected chi connectivity index (χ1v) is 24.0. The molecular formula is C49H92NO8+. The van der Waals surface area contributed by atoms with Crippen molar-refractivity contribution in [1.29, 1.82) is 0 Å². The number of allylic oxidation sites excluding steroid dienone is 4. The minimum absolute atomic E-state index is 0.184. The summed E-state index contributed by atoms with van der Waals surface area (Å²) in [4.78, 5) is 37.1. The van der Waals surface area contributed by atoms with Gasteiger partial charge >= 0.3 is 17.9 Å². The van der Waals surface area contributed by atoms with Crippen LogP contribution in [-0.4, -0.2) is 87.4 Å². The molecule has 9 heteroatoms. The number of nitrogens with zero attached hydrogens (tertiary/aromatic N) is 1. The number of likely N-dealkylation sites (N-methyl/N-ethyl adjacent to an activating group) is 1. The van der Waals surface area contributed by atoms with E-state index in [9.17, 15) is 19.5 Å². The van der Waals surface area contributed by atoms with Gasteiger partial charge in [-0.2, -0.15) is 0 Å². The van der Waals surface area contributed by atoms with Crippen molar-refractivity contribution in [2.45, 2.75) is 225 Å². The highest BCUT2D eigenvalue weighted by atomic mass is 16.7. The van der Waals surface area contributed by atoms with E-state index in [2.05, 4.69) is 38.2 Å². The number of rotatable bonds is 44. The third-order valence-corrected chi connectivity index (χ3v) is 10.5. The lowest BCUT2D eigenvalue weighted by molar-refractivity contribution is -0.870. The minimum atomic E-state index is -1.51. The fourth-order valence-corrected chi connectivity index (χ4v) is 6.68. The maximum Gasteiger partial charge on any atom is 0.361 e. The third-order valence-electron chi connectivity index (χ3n) is 10.5. The lowest BCUT2D eigenvalue weighted by atomic mass is 10.0. The van der Waals surface area contributed by atoms with Crippen LogP contribution in [-0.2, 0) is 33.3 Å². The summed E-state index contributed by atoms with van der Waals surface area (Å²) < 4.78 is 22.7. The monoisotopic (exact) mass is 823 g/mol. The first kappa shape index (κ1) is 55.8. The van der Waals surface area contributed by atoms with E-state index in [0.717, 1.165) is 64.2 Å². The van der Waals surface area contributed by atoms with Gasteiger partial charge < -0.3 is 28.5 Å². The molecule has 0 aromatic heterocycles. The Kier molecular flexibility index (Phi) is 39.9. The van der Waals surface area contributed by atoms with Crippen molar-refractivity contribution in [3.8, 4) is 0 Å². The van der Waals surface area contributed by atoms with E-state index in [4.69, 9.17) is 18.9 Å². The second-order valence-corrected chi connectivity index (χ2v) is 17.4. The number of esters is 2. The van der Waals surface area contributed by atoms with E-state index in [1.807, 2.05) is 21.1 Å². The van der Waals surface area contributed by atoms with Crippen LogP contribution < -0.4 is 0 Å². The summed E-state index contributed by atoms with van der Waals surface area (Å²) >= 11 is 0. The number of aliphatic carboxylic acids is 1. The van der Waals surface area contributed by atoms with E-state index in [0.29, 0.717) is 23.9 Å². The lowest BCUT2D eigenvalue weighted by Gasteiger charge is -2.25. The van der Waals surface area contributed by atoms with Crippen molar-refractivity contribution in [3.63, 3.8) is 0 Å². The highest BCUT2D eigenvalue weighted by Gasteiger charge is 2.25. The van der Waals surface area contributed by atoms with Gasteiger partial charge in [-0.1, -0.05) is 186 Å². The van der Waals surface area contributed by atoms with E-state index >= 15 is 0 Å². The van der Waals surface area contributed by atoms with Crippen LogP contribution in [0.25, 0.3) is 0 Å². The molecule has 2 atom stereocenters. The molecule has 0 aliphatic heterocycles. The van der Waals surface area contributed by atoms with Gasteiger partial charge in [-0.05, 0) is 38.5 Å². The Balaban J connectivity index is 4.35. The predicted octanol–water partition coefficient (Wildman–Crippen LogP) is 12.8. The highest BCUT2D eigenvalue weighted by molar-refractivity contribution is 5.71. The van der Waals surface area contributed by atoms with Crippen LogP contribution >= 0.6 is 0 Å². The summed E-state index contributed by atoms with van der Waals surface area (Å²) in [7, 11) is 5.95. The molecular weight excluding hydrogens is 731 g/mol. The van der Waals surface area contributed by atoms with Gasteiger partial charge in [0.1, 0.15) is 13.2 Å². The molecule has 340 valence electrons. The first-order chi connectivity index (χ1) is 28.1. The summed E-state index contributed by atoms with van der Waals surface area (Å²) in [5, 5.41) is 9.64. The molecule has 0 bridgehead atoms. The first-order valence-electron chi connectivity index (χ1n) is 24.0. The quantitative estimate of drug-likeness (QED) is 0.0213. The summed E-state index contributed by atoms with van der Waals surface area (Å²) in [6, 6.07) is 0. The van der Waals surface area contributed by atoms with E-state index in [-0.39, 0.29) is 32.2 Å². The van der Waals surface area contributed by atoms with E-state index < -0.39 is 24.3 Å². The number of ether oxygens (including phenoxy) is 4. The number of quaternary nitrogens is 1. The molecule has 0 aromatic carbocycles. The fraction of sp³-hybridized carbons (Fsp3) is 0.857. The zero-order valence-corrected chi connectivity index (χ0v) is 38.5. The Bertz CT molecular complexity index is 1010. The Morgan fingerprint density at radius 1 is 0.517 bits per heavy atom. The van der Waals surface area contributed by atoms with Crippen molar-refractivity contribution < 1.29 is 42.9 Å². The number of hydrogen-bond donors (Lipinski definition) is 1. The van der Waals surface area contributed by atoms with Gasteiger partial charge in [0.25, 0.3) is 6.29 Å². The molecule has 0 rings (SSSR count). The molecule has 0 aliphatic carbocycles. The van der Waals surface area contributed by atoms with Crippen LogP contribution in [0.4, 0.5) is 0 Å². The minimum Gasteiger partial charge on any atom is -0.477 e. The van der Waals surface area contributed by atoms with E-state index in [1.165, 1.54) is 116 Å². The number of carbonyl (C=O) groups excluding carboxylic acids is 2. The molecule has 0 radical (unpaired) electrons. The van der Waals surface area contributed by atoms with Crippen LogP contribution in [0.3, 0.4) is 0 Å². The van der Waals surface area contributed by atoms with Crippen LogP contribution in [0.2, 0.25) is 0 Å². The molecule has 9 nitrogen and oxygen atoms in total. The van der Waals surface area contributed by atoms with Crippen molar-refractivity contribution in [2.75, 3.05) is 47.5 Å². The van der Waals surface area contributed by atoms with Crippen LogP contribution in [0, 0.1) is 0 Å². The second-order valence-electron chi connectivity index (χ2n) is 17.4. The molecule has 0 heterocycles. The van der Waals surface area contributed by atoms with Crippen molar-refractivity contribution >= 4 is 17.9 Å². The molecule has 0 aliphatic rings. The number of carboxylic acids is 1. The number of hydrogen-bond acceptors (Lipinski definition) is 7. The van der Waals surface area contributed by atoms with E-state index in [1.54, 1.807) is 0 Å². The summed E-state index contributed by atoms with van der Waals surface area (Å²) in [6.07, 6.45) is 42.4. The Hall–Kier alpha value is -2.23.